The van der Waals surface area contributed by atoms with Crippen LogP contribution in [-0.4, -0.2) is 18.2 Å². The fraction of sp³-hybridized carbons (Fsp3) is 0.200. The van der Waals surface area contributed by atoms with Crippen LogP contribution in [0.1, 0.15) is 17.4 Å². The zero-order valence-electron chi connectivity index (χ0n) is 11.8. The van der Waals surface area contributed by atoms with Crippen molar-refractivity contribution in [3.8, 4) is 0 Å². The monoisotopic (exact) mass is 321 g/mol. The van der Waals surface area contributed by atoms with Crippen LogP contribution in [0.4, 0.5) is 5.69 Å². The number of nitrogens with one attached hydrogen (secondary N) is 2. The van der Waals surface area contributed by atoms with Crippen molar-refractivity contribution < 1.29 is 4.79 Å². The first-order chi connectivity index (χ1) is 10.1. The van der Waals surface area contributed by atoms with Crippen molar-refractivity contribution in [3.05, 3.63) is 51.2 Å². The maximum absolute atomic E-state index is 11.8. The summed E-state index contributed by atoms with van der Waals surface area (Å²) in [5, 5.41) is 9.77. The maximum atomic E-state index is 11.8. The molecule has 2 rings (SSSR count). The molecule has 1 aromatic carbocycles. The number of carbonyl (C=O) groups is 1. The molecule has 0 radical (unpaired) electrons. The molecule has 110 valence electrons. The van der Waals surface area contributed by atoms with Crippen LogP contribution in [0.25, 0.3) is 0 Å². The van der Waals surface area contributed by atoms with Crippen molar-refractivity contribution in [2.75, 3.05) is 11.9 Å². The molecule has 21 heavy (non-hydrogen) atoms. The van der Waals surface area contributed by atoms with Gasteiger partial charge in [0.1, 0.15) is 0 Å². The SMILES string of the molecule is C/C(=N\NC(=O)CNc1cccc(Cl)c1C)c1cccs1. The Kier molecular flexibility index (Phi) is 5.36. The Bertz CT molecular complexity index is 653. The normalized spacial score (nSPS) is 11.3. The number of thiophene rings is 1. The predicted octanol–water partition coefficient (Wildman–Crippen LogP) is 3.66. The number of anilines is 1. The highest BCUT2D eigenvalue weighted by atomic mass is 35.5. The minimum absolute atomic E-state index is 0.141. The molecule has 0 aliphatic heterocycles. The lowest BCUT2D eigenvalue weighted by Crippen LogP contribution is -2.26. The summed E-state index contributed by atoms with van der Waals surface area (Å²) >= 11 is 7.61. The Morgan fingerprint density at radius 1 is 1.33 bits per heavy atom. The van der Waals surface area contributed by atoms with Gasteiger partial charge in [0, 0.05) is 15.6 Å². The van der Waals surface area contributed by atoms with Gasteiger partial charge in [-0.15, -0.1) is 11.3 Å². The number of hydrogen-bond acceptors (Lipinski definition) is 4. The largest absolute Gasteiger partial charge is 0.376 e. The summed E-state index contributed by atoms with van der Waals surface area (Å²) in [5.41, 5.74) is 5.09. The zero-order chi connectivity index (χ0) is 15.2. The summed E-state index contributed by atoms with van der Waals surface area (Å²) in [6.07, 6.45) is 0. The molecule has 0 saturated carbocycles. The van der Waals surface area contributed by atoms with Gasteiger partial charge in [-0.05, 0) is 43.0 Å². The molecule has 1 aromatic heterocycles. The van der Waals surface area contributed by atoms with Gasteiger partial charge in [-0.1, -0.05) is 23.7 Å². The van der Waals surface area contributed by atoms with E-state index in [-0.39, 0.29) is 12.5 Å². The van der Waals surface area contributed by atoms with Gasteiger partial charge in [-0.25, -0.2) is 5.43 Å². The van der Waals surface area contributed by atoms with Crippen LogP contribution in [0.2, 0.25) is 5.02 Å². The Hall–Kier alpha value is -1.85. The molecule has 2 aromatic rings. The topological polar surface area (TPSA) is 53.5 Å². The molecular formula is C15H16ClN3OS. The fourth-order valence-electron chi connectivity index (χ4n) is 1.70. The predicted molar refractivity (Wildman–Crippen MR) is 89.4 cm³/mol. The van der Waals surface area contributed by atoms with Gasteiger partial charge < -0.3 is 5.32 Å². The Morgan fingerprint density at radius 3 is 2.86 bits per heavy atom. The van der Waals surface area contributed by atoms with Crippen molar-refractivity contribution in [1.82, 2.24) is 5.43 Å². The molecule has 1 heterocycles. The van der Waals surface area contributed by atoms with Gasteiger partial charge in [0.05, 0.1) is 12.3 Å². The van der Waals surface area contributed by atoms with E-state index in [1.807, 2.05) is 49.6 Å². The quantitative estimate of drug-likeness (QED) is 0.652. The Balaban J connectivity index is 1.88. The van der Waals surface area contributed by atoms with Gasteiger partial charge >= 0.3 is 0 Å². The van der Waals surface area contributed by atoms with E-state index in [9.17, 15) is 4.79 Å². The summed E-state index contributed by atoms with van der Waals surface area (Å²) < 4.78 is 0. The lowest BCUT2D eigenvalue weighted by molar-refractivity contribution is -0.119. The van der Waals surface area contributed by atoms with E-state index in [0.29, 0.717) is 5.02 Å². The highest BCUT2D eigenvalue weighted by Gasteiger charge is 2.05. The highest BCUT2D eigenvalue weighted by molar-refractivity contribution is 7.12. The molecule has 0 atom stereocenters. The average Bonchev–Trinajstić information content (AvgIpc) is 3.00. The maximum Gasteiger partial charge on any atom is 0.259 e. The first-order valence-corrected chi connectivity index (χ1v) is 7.69. The van der Waals surface area contributed by atoms with Gasteiger partial charge in [0.25, 0.3) is 5.91 Å². The second kappa shape index (κ2) is 7.24. The van der Waals surface area contributed by atoms with Crippen LogP contribution < -0.4 is 10.7 Å². The third-order valence-corrected chi connectivity index (χ3v) is 4.32. The number of hydrazone groups is 1. The molecule has 0 bridgehead atoms. The lowest BCUT2D eigenvalue weighted by Gasteiger charge is -2.09. The molecular weight excluding hydrogens is 306 g/mol. The van der Waals surface area contributed by atoms with Crippen molar-refractivity contribution in [1.29, 1.82) is 0 Å². The minimum atomic E-state index is -0.203. The second-order valence-corrected chi connectivity index (χ2v) is 5.83. The average molecular weight is 322 g/mol. The first kappa shape index (κ1) is 15.5. The van der Waals surface area contributed by atoms with Crippen LogP contribution >= 0.6 is 22.9 Å². The number of rotatable bonds is 5. The van der Waals surface area contributed by atoms with Gasteiger partial charge in [-0.3, -0.25) is 4.79 Å². The van der Waals surface area contributed by atoms with E-state index in [2.05, 4.69) is 15.8 Å². The smallest absolute Gasteiger partial charge is 0.259 e. The van der Waals surface area contributed by atoms with E-state index < -0.39 is 0 Å². The summed E-state index contributed by atoms with van der Waals surface area (Å²) in [4.78, 5) is 12.8. The van der Waals surface area contributed by atoms with Gasteiger partial charge in [0.2, 0.25) is 0 Å². The van der Waals surface area contributed by atoms with E-state index in [0.717, 1.165) is 21.8 Å². The fourth-order valence-corrected chi connectivity index (χ4v) is 2.55. The molecule has 2 N–H and O–H groups in total. The number of carbonyl (C=O) groups excluding carboxylic acids is 1. The zero-order valence-corrected chi connectivity index (χ0v) is 13.4. The molecule has 1 amide bonds. The number of halogens is 1. The van der Waals surface area contributed by atoms with Crippen LogP contribution in [0.5, 0.6) is 0 Å². The highest BCUT2D eigenvalue weighted by Crippen LogP contribution is 2.22. The molecule has 4 nitrogen and oxygen atoms in total. The van der Waals surface area contributed by atoms with E-state index in [1.54, 1.807) is 11.3 Å². The van der Waals surface area contributed by atoms with Crippen LogP contribution in [-0.2, 0) is 4.79 Å². The molecule has 0 saturated heterocycles. The number of hydrogen-bond donors (Lipinski definition) is 2. The third kappa shape index (κ3) is 4.31. The van der Waals surface area contributed by atoms with Crippen molar-refractivity contribution >= 4 is 40.2 Å². The van der Waals surface area contributed by atoms with E-state index in [1.165, 1.54) is 0 Å². The summed E-state index contributed by atoms with van der Waals surface area (Å²) in [7, 11) is 0. The minimum Gasteiger partial charge on any atom is -0.376 e. The molecule has 6 heteroatoms. The molecule has 0 aliphatic rings. The number of benzene rings is 1. The summed E-state index contributed by atoms with van der Waals surface area (Å²) in [5.74, 6) is -0.203. The van der Waals surface area contributed by atoms with Gasteiger partial charge in [-0.2, -0.15) is 5.10 Å². The molecule has 0 spiro atoms. The molecule has 0 aliphatic carbocycles. The van der Waals surface area contributed by atoms with Crippen molar-refractivity contribution in [3.63, 3.8) is 0 Å². The Labute approximate surface area is 132 Å². The second-order valence-electron chi connectivity index (χ2n) is 4.48. The van der Waals surface area contributed by atoms with Crippen molar-refractivity contribution in [2.24, 2.45) is 5.10 Å². The number of amides is 1. The van der Waals surface area contributed by atoms with Crippen LogP contribution in [0.15, 0.2) is 40.8 Å². The standard InChI is InChI=1S/C15H16ClN3OS/c1-10-12(16)5-3-6-13(10)17-9-15(20)19-18-11(2)14-7-4-8-21-14/h3-8,17H,9H2,1-2H3,(H,19,20)/b18-11+. The van der Waals surface area contributed by atoms with E-state index in [4.69, 9.17) is 11.6 Å². The van der Waals surface area contributed by atoms with E-state index >= 15 is 0 Å². The summed E-state index contributed by atoms with van der Waals surface area (Å²) in [6.45, 7) is 3.91. The Morgan fingerprint density at radius 2 is 2.14 bits per heavy atom. The first-order valence-electron chi connectivity index (χ1n) is 6.44. The molecule has 0 fully saturated rings. The van der Waals surface area contributed by atoms with Crippen LogP contribution in [0, 0.1) is 6.92 Å². The summed E-state index contributed by atoms with van der Waals surface area (Å²) in [6, 6.07) is 9.45. The lowest BCUT2D eigenvalue weighted by atomic mass is 10.2. The molecule has 0 unspecified atom stereocenters. The van der Waals surface area contributed by atoms with Crippen LogP contribution in [0.3, 0.4) is 0 Å². The van der Waals surface area contributed by atoms with Crippen molar-refractivity contribution in [2.45, 2.75) is 13.8 Å². The third-order valence-electron chi connectivity index (χ3n) is 2.93. The number of nitrogens with zero attached hydrogens (tertiary/aromatic N) is 1. The van der Waals surface area contributed by atoms with Gasteiger partial charge in [0.15, 0.2) is 0 Å².